The van der Waals surface area contributed by atoms with E-state index < -0.39 is 0 Å². The second-order valence-corrected chi connectivity index (χ2v) is 5.73. The van der Waals surface area contributed by atoms with Crippen LogP contribution >= 0.6 is 0 Å². The molecule has 1 aromatic rings. The van der Waals surface area contributed by atoms with Crippen LogP contribution in [0.4, 0.5) is 0 Å². The van der Waals surface area contributed by atoms with Crippen molar-refractivity contribution in [3.8, 4) is 11.5 Å². The molecule has 1 heterocycles. The van der Waals surface area contributed by atoms with E-state index in [0.717, 1.165) is 37.4 Å². The van der Waals surface area contributed by atoms with Crippen LogP contribution < -0.4 is 14.8 Å². The lowest BCUT2D eigenvalue weighted by atomic mass is 10.0. The van der Waals surface area contributed by atoms with Gasteiger partial charge in [0.2, 0.25) is 6.79 Å². The highest BCUT2D eigenvalue weighted by Gasteiger charge is 2.14. The molecule has 0 aliphatic carbocycles. The molecule has 21 heavy (non-hydrogen) atoms. The van der Waals surface area contributed by atoms with E-state index in [1.54, 1.807) is 7.11 Å². The Morgan fingerprint density at radius 3 is 2.81 bits per heavy atom. The highest BCUT2D eigenvalue weighted by molar-refractivity contribution is 5.44. The Labute approximate surface area is 127 Å². The zero-order chi connectivity index (χ0) is 15.1. The largest absolute Gasteiger partial charge is 0.454 e. The third-order valence-corrected chi connectivity index (χ3v) is 3.83. The van der Waals surface area contributed by atoms with Crippen LogP contribution in [0, 0.1) is 0 Å². The first-order chi connectivity index (χ1) is 10.2. The molecule has 4 heteroatoms. The molecule has 1 N–H and O–H groups in total. The number of methoxy groups -OCH3 is 1. The van der Waals surface area contributed by atoms with Gasteiger partial charge < -0.3 is 19.5 Å². The van der Waals surface area contributed by atoms with Crippen LogP contribution in [0.15, 0.2) is 18.2 Å². The third-order valence-electron chi connectivity index (χ3n) is 3.83. The first-order valence-electron chi connectivity index (χ1n) is 7.86. The zero-order valence-electron chi connectivity index (χ0n) is 13.4. The van der Waals surface area contributed by atoms with Crippen LogP contribution in [0.1, 0.15) is 38.7 Å². The predicted molar refractivity (Wildman–Crippen MR) is 84.1 cm³/mol. The number of benzene rings is 1. The quantitative estimate of drug-likeness (QED) is 0.759. The minimum absolute atomic E-state index is 0.340. The lowest BCUT2D eigenvalue weighted by Crippen LogP contribution is -2.39. The van der Waals surface area contributed by atoms with Crippen LogP contribution in [-0.2, 0) is 11.2 Å². The van der Waals surface area contributed by atoms with Crippen molar-refractivity contribution in [2.24, 2.45) is 0 Å². The van der Waals surface area contributed by atoms with Gasteiger partial charge in [0.05, 0.1) is 6.61 Å². The van der Waals surface area contributed by atoms with E-state index >= 15 is 0 Å². The highest BCUT2D eigenvalue weighted by Crippen LogP contribution is 2.32. The van der Waals surface area contributed by atoms with Crippen LogP contribution in [0.3, 0.4) is 0 Å². The molecule has 4 nitrogen and oxygen atoms in total. The zero-order valence-corrected chi connectivity index (χ0v) is 13.4. The second kappa shape index (κ2) is 8.25. The third kappa shape index (κ3) is 4.90. The molecule has 1 aromatic carbocycles. The van der Waals surface area contributed by atoms with E-state index in [1.165, 1.54) is 12.0 Å². The van der Waals surface area contributed by atoms with Gasteiger partial charge in [-0.3, -0.25) is 0 Å². The van der Waals surface area contributed by atoms with Crippen molar-refractivity contribution in [3.05, 3.63) is 23.8 Å². The normalized spacial score (nSPS) is 16.0. The predicted octanol–water partition coefficient (Wildman–Crippen LogP) is 3.14. The molecule has 0 saturated heterocycles. The standard InChI is InChI=1S/C17H27NO3/c1-4-5-15(11-19-3)18-13(2)6-7-14-8-9-16-17(10-14)21-12-20-16/h8-10,13,15,18H,4-7,11-12H2,1-3H3. The topological polar surface area (TPSA) is 39.7 Å². The molecule has 1 aliphatic heterocycles. The van der Waals surface area contributed by atoms with Gasteiger partial charge in [-0.1, -0.05) is 19.4 Å². The molecular weight excluding hydrogens is 266 g/mol. The summed E-state index contributed by atoms with van der Waals surface area (Å²) in [5.41, 5.74) is 1.30. The average Bonchev–Trinajstić information content (AvgIpc) is 2.93. The Bertz CT molecular complexity index is 430. The molecule has 2 rings (SSSR count). The van der Waals surface area contributed by atoms with E-state index in [1.807, 2.05) is 6.07 Å². The van der Waals surface area contributed by atoms with Gasteiger partial charge in [0, 0.05) is 19.2 Å². The van der Waals surface area contributed by atoms with Crippen molar-refractivity contribution in [2.75, 3.05) is 20.5 Å². The van der Waals surface area contributed by atoms with Gasteiger partial charge in [0.1, 0.15) is 0 Å². The van der Waals surface area contributed by atoms with Gasteiger partial charge in [0.15, 0.2) is 11.5 Å². The van der Waals surface area contributed by atoms with Crippen molar-refractivity contribution >= 4 is 0 Å². The van der Waals surface area contributed by atoms with Crippen LogP contribution in [-0.4, -0.2) is 32.6 Å². The Hall–Kier alpha value is -1.26. The number of fused-ring (bicyclic) bond motifs is 1. The maximum absolute atomic E-state index is 5.42. The summed E-state index contributed by atoms with van der Waals surface area (Å²) in [6.07, 6.45) is 4.47. The maximum atomic E-state index is 5.42. The molecule has 2 atom stereocenters. The molecule has 0 saturated carbocycles. The molecule has 118 valence electrons. The molecule has 0 aromatic heterocycles. The Kier molecular flexibility index (Phi) is 6.33. The second-order valence-electron chi connectivity index (χ2n) is 5.73. The number of rotatable bonds is 9. The van der Waals surface area contributed by atoms with Gasteiger partial charge >= 0.3 is 0 Å². The van der Waals surface area contributed by atoms with E-state index in [9.17, 15) is 0 Å². The molecule has 0 bridgehead atoms. The van der Waals surface area contributed by atoms with E-state index in [-0.39, 0.29) is 0 Å². The highest BCUT2D eigenvalue weighted by atomic mass is 16.7. The smallest absolute Gasteiger partial charge is 0.231 e. The molecule has 0 spiro atoms. The lowest BCUT2D eigenvalue weighted by Gasteiger charge is -2.22. The summed E-state index contributed by atoms with van der Waals surface area (Å²) in [5.74, 6) is 1.73. The first-order valence-corrected chi connectivity index (χ1v) is 7.86. The summed E-state index contributed by atoms with van der Waals surface area (Å²) in [7, 11) is 1.77. The number of hydrogen-bond donors (Lipinski definition) is 1. The number of nitrogens with one attached hydrogen (secondary N) is 1. The minimum Gasteiger partial charge on any atom is -0.454 e. The van der Waals surface area contributed by atoms with E-state index in [4.69, 9.17) is 14.2 Å². The molecule has 1 aliphatic rings. The SMILES string of the molecule is CCCC(COC)NC(C)CCc1ccc2c(c1)OCO2. The summed E-state index contributed by atoms with van der Waals surface area (Å²) < 4.78 is 16.0. The molecule has 0 amide bonds. The van der Waals surface area contributed by atoms with Gasteiger partial charge in [-0.05, 0) is 43.9 Å². The maximum Gasteiger partial charge on any atom is 0.231 e. The molecule has 0 radical (unpaired) electrons. The summed E-state index contributed by atoms with van der Waals surface area (Å²) in [4.78, 5) is 0. The fourth-order valence-corrected chi connectivity index (χ4v) is 2.73. The van der Waals surface area contributed by atoms with Crippen LogP contribution in [0.25, 0.3) is 0 Å². The van der Waals surface area contributed by atoms with Gasteiger partial charge in [-0.25, -0.2) is 0 Å². The molecular formula is C17H27NO3. The van der Waals surface area contributed by atoms with Crippen LogP contribution in [0.2, 0.25) is 0 Å². The first kappa shape index (κ1) is 16.1. The number of hydrogen-bond acceptors (Lipinski definition) is 4. The fraction of sp³-hybridized carbons (Fsp3) is 0.647. The lowest BCUT2D eigenvalue weighted by molar-refractivity contribution is 0.156. The Morgan fingerprint density at radius 2 is 2.05 bits per heavy atom. The van der Waals surface area contributed by atoms with Crippen molar-refractivity contribution < 1.29 is 14.2 Å². The monoisotopic (exact) mass is 293 g/mol. The molecule has 2 unspecified atom stereocenters. The van der Waals surface area contributed by atoms with Gasteiger partial charge in [-0.15, -0.1) is 0 Å². The summed E-state index contributed by atoms with van der Waals surface area (Å²) in [6, 6.07) is 7.14. The Balaban J connectivity index is 1.79. The van der Waals surface area contributed by atoms with Crippen molar-refractivity contribution in [2.45, 2.75) is 51.6 Å². The average molecular weight is 293 g/mol. The van der Waals surface area contributed by atoms with Gasteiger partial charge in [0.25, 0.3) is 0 Å². The van der Waals surface area contributed by atoms with E-state index in [0.29, 0.717) is 18.9 Å². The van der Waals surface area contributed by atoms with Crippen LogP contribution in [0.5, 0.6) is 11.5 Å². The van der Waals surface area contributed by atoms with E-state index in [2.05, 4.69) is 31.3 Å². The summed E-state index contributed by atoms with van der Waals surface area (Å²) in [5, 5.41) is 3.66. The molecule has 0 fully saturated rings. The van der Waals surface area contributed by atoms with Crippen molar-refractivity contribution in [3.63, 3.8) is 0 Å². The summed E-state index contributed by atoms with van der Waals surface area (Å²) >= 11 is 0. The van der Waals surface area contributed by atoms with Crippen molar-refractivity contribution in [1.29, 1.82) is 0 Å². The summed E-state index contributed by atoms with van der Waals surface area (Å²) in [6.45, 7) is 5.57. The Morgan fingerprint density at radius 1 is 1.24 bits per heavy atom. The number of ether oxygens (including phenoxy) is 3. The van der Waals surface area contributed by atoms with Gasteiger partial charge in [-0.2, -0.15) is 0 Å². The fourth-order valence-electron chi connectivity index (χ4n) is 2.73. The minimum atomic E-state index is 0.340. The van der Waals surface area contributed by atoms with Crippen molar-refractivity contribution in [1.82, 2.24) is 5.32 Å². The number of aryl methyl sites for hydroxylation is 1.